The van der Waals surface area contributed by atoms with E-state index in [1.807, 2.05) is 26.0 Å². The highest BCUT2D eigenvalue weighted by atomic mass is 16.5. The molecule has 2 heterocycles. The Balaban J connectivity index is 1.60. The Morgan fingerprint density at radius 1 is 0.910 bits per heavy atom. The van der Waals surface area contributed by atoms with Crippen LogP contribution in [0.2, 0.25) is 0 Å². The number of hydrogen-bond donors (Lipinski definition) is 7. The topological polar surface area (TPSA) is 293 Å². The zero-order valence-corrected chi connectivity index (χ0v) is 38.9. The largest absolute Gasteiger partial charge is 0.504 e. The van der Waals surface area contributed by atoms with Crippen LogP contribution in [0.3, 0.4) is 0 Å². The monoisotopic (exact) mass is 925 g/mol. The minimum atomic E-state index is -1.46. The Hall–Kier alpha value is -6.31. The summed E-state index contributed by atoms with van der Waals surface area (Å²) in [4.78, 5) is 80.5. The fraction of sp³-hybridized carbons (Fsp3) is 0.449. The van der Waals surface area contributed by atoms with Crippen LogP contribution in [0, 0.1) is 18.8 Å². The van der Waals surface area contributed by atoms with E-state index in [-0.39, 0.29) is 97.8 Å². The second-order valence-electron chi connectivity index (χ2n) is 17.2. The van der Waals surface area contributed by atoms with Crippen LogP contribution in [0.25, 0.3) is 22.5 Å². The van der Waals surface area contributed by atoms with Gasteiger partial charge in [0.25, 0.3) is 0 Å². The number of nitrogens with zero attached hydrogens (tertiary/aromatic N) is 3. The molecule has 0 aliphatic carbocycles. The molecule has 67 heavy (non-hydrogen) atoms. The van der Waals surface area contributed by atoms with Crippen LogP contribution >= 0.6 is 0 Å². The summed E-state index contributed by atoms with van der Waals surface area (Å²) in [5.41, 5.74) is 19.6. The van der Waals surface area contributed by atoms with Crippen molar-refractivity contribution in [3.8, 4) is 45.5 Å². The molecular formula is C49H63N7O11. The number of ether oxygens (including phenoxy) is 3. The highest BCUT2D eigenvalue weighted by Gasteiger charge is 2.37. The van der Waals surface area contributed by atoms with Crippen molar-refractivity contribution in [3.05, 3.63) is 83.2 Å². The van der Waals surface area contributed by atoms with Gasteiger partial charge in [0, 0.05) is 67.7 Å². The summed E-state index contributed by atoms with van der Waals surface area (Å²) < 4.78 is 17.7. The Kier molecular flexibility index (Phi) is 18.1. The SMILES string of the molecule is CC(=O)[C@@H]1Cc2ccc(OC[C@H](O)CN)c(c2)-c2cc(cc(OC[C@H](O)CN)c2O)[C@H](N(C)C(=O)[C@H](CCN)CC(=O)c2cnc(-c3ccc(OC(C)C)cc3)nc2C)C(=O)C[C@@H](C)C(=O)N1. The lowest BCUT2D eigenvalue weighted by atomic mass is 9.88. The third-order valence-electron chi connectivity index (χ3n) is 11.5. The van der Waals surface area contributed by atoms with Crippen LogP contribution in [0.1, 0.15) is 80.2 Å². The van der Waals surface area contributed by atoms with Crippen LogP contribution < -0.4 is 36.7 Å². The molecule has 0 unspecified atom stereocenters. The van der Waals surface area contributed by atoms with Gasteiger partial charge in [-0.15, -0.1) is 0 Å². The van der Waals surface area contributed by atoms with Gasteiger partial charge in [0.15, 0.2) is 34.7 Å². The number of phenols is 1. The second-order valence-corrected chi connectivity index (χ2v) is 17.2. The van der Waals surface area contributed by atoms with Crippen molar-refractivity contribution in [2.75, 3.05) is 39.9 Å². The molecule has 0 fully saturated rings. The molecule has 4 aromatic rings. The van der Waals surface area contributed by atoms with Gasteiger partial charge in [0.05, 0.1) is 23.4 Å². The van der Waals surface area contributed by atoms with Crippen molar-refractivity contribution < 1.29 is 53.5 Å². The standard InChI is InChI=1S/C49H63N7O11/c1-26(2)67-36-10-8-31(9-11-36)47-53-23-39(28(4)54-47)41(60)19-32(13-14-50)49(64)56(6)45-33-18-38(46(62)44(20-33)66-25-35(59)22-52)37-16-30(7-12-43(37)65-24-34(58)21-51)17-40(29(5)57)55-48(63)27(3)15-42(45)61/h7-12,16,18,20,23,26-27,32,34-35,40,45,58-59,62H,13-15,17,19,21-22,24-25,50-52H2,1-6H3,(H,55,63)/t27-,32-,34-,35-,40+,45+/m1/s1. The maximum Gasteiger partial charge on any atom is 0.226 e. The summed E-state index contributed by atoms with van der Waals surface area (Å²) in [6.07, 6.45) is -1.41. The Morgan fingerprint density at radius 2 is 1.57 bits per heavy atom. The maximum absolute atomic E-state index is 14.8. The molecule has 2 amide bonds. The summed E-state index contributed by atoms with van der Waals surface area (Å²) in [6, 6.07) is 12.5. The van der Waals surface area contributed by atoms with Crippen molar-refractivity contribution in [3.63, 3.8) is 0 Å². The minimum absolute atomic E-state index is 0.00367. The molecule has 1 aliphatic heterocycles. The molecular weight excluding hydrogens is 863 g/mol. The number of benzene rings is 3. The fourth-order valence-electron chi connectivity index (χ4n) is 7.73. The predicted molar refractivity (Wildman–Crippen MR) is 249 cm³/mol. The molecule has 360 valence electrons. The lowest BCUT2D eigenvalue weighted by molar-refractivity contribution is -0.142. The van der Waals surface area contributed by atoms with E-state index in [1.54, 1.807) is 37.3 Å². The van der Waals surface area contributed by atoms with Crippen LogP contribution in [0.5, 0.6) is 23.0 Å². The molecule has 1 aliphatic rings. The average molecular weight is 926 g/mol. The smallest absolute Gasteiger partial charge is 0.226 e. The van der Waals surface area contributed by atoms with Gasteiger partial charge in [-0.1, -0.05) is 13.0 Å². The predicted octanol–water partition coefficient (Wildman–Crippen LogP) is 2.97. The summed E-state index contributed by atoms with van der Waals surface area (Å²) >= 11 is 0. The Bertz CT molecular complexity index is 2410. The number of carbonyl (C=O) groups is 5. The number of aliphatic hydroxyl groups is 2. The summed E-state index contributed by atoms with van der Waals surface area (Å²) in [5.74, 6) is -3.98. The van der Waals surface area contributed by atoms with Crippen molar-refractivity contribution >= 4 is 29.2 Å². The number of aromatic nitrogens is 2. The number of fused-ring (bicyclic) bond motifs is 5. The van der Waals surface area contributed by atoms with E-state index in [0.717, 1.165) is 0 Å². The summed E-state index contributed by atoms with van der Waals surface area (Å²) in [6.45, 7) is 7.51. The van der Waals surface area contributed by atoms with Crippen molar-refractivity contribution in [1.29, 1.82) is 0 Å². The fourth-order valence-corrected chi connectivity index (χ4v) is 7.73. The maximum atomic E-state index is 14.8. The molecule has 10 N–H and O–H groups in total. The zero-order valence-electron chi connectivity index (χ0n) is 38.9. The molecule has 0 saturated carbocycles. The second kappa shape index (κ2) is 23.4. The molecule has 4 bridgehead atoms. The van der Waals surface area contributed by atoms with E-state index in [1.165, 1.54) is 44.1 Å². The van der Waals surface area contributed by atoms with Crippen LogP contribution in [-0.4, -0.2) is 124 Å². The number of aryl methyl sites for hydroxylation is 1. The first kappa shape index (κ1) is 51.7. The Morgan fingerprint density at radius 3 is 2.16 bits per heavy atom. The molecule has 0 saturated heterocycles. The lowest BCUT2D eigenvalue weighted by Gasteiger charge is -2.32. The van der Waals surface area contributed by atoms with Gasteiger partial charge in [0.2, 0.25) is 11.8 Å². The van der Waals surface area contributed by atoms with Crippen LogP contribution in [0.15, 0.2) is 60.8 Å². The van der Waals surface area contributed by atoms with Gasteiger partial charge < -0.3 is 56.9 Å². The molecule has 3 aromatic carbocycles. The molecule has 6 atom stereocenters. The van der Waals surface area contributed by atoms with Crippen molar-refractivity contribution in [2.24, 2.45) is 29.0 Å². The zero-order chi connectivity index (χ0) is 49.1. The average Bonchev–Trinajstić information content (AvgIpc) is 3.29. The first-order valence-electron chi connectivity index (χ1n) is 22.3. The first-order valence-corrected chi connectivity index (χ1v) is 22.3. The van der Waals surface area contributed by atoms with Crippen LogP contribution in [-0.2, 0) is 25.6 Å². The number of hydrogen-bond acceptors (Lipinski definition) is 16. The number of rotatable bonds is 19. The molecule has 1 aromatic heterocycles. The van der Waals surface area contributed by atoms with Gasteiger partial charge in [-0.3, -0.25) is 24.0 Å². The summed E-state index contributed by atoms with van der Waals surface area (Å²) in [5, 5.41) is 35.4. The van der Waals surface area contributed by atoms with Crippen molar-refractivity contribution in [1.82, 2.24) is 20.2 Å². The highest BCUT2D eigenvalue weighted by Crippen LogP contribution is 2.45. The number of ketones is 3. The third kappa shape index (κ3) is 13.2. The number of aromatic hydroxyl groups is 1. The quantitative estimate of drug-likeness (QED) is 0.0666. The van der Waals surface area contributed by atoms with E-state index < -0.39 is 71.7 Å². The lowest BCUT2D eigenvalue weighted by Crippen LogP contribution is -2.45. The number of aliphatic hydroxyl groups excluding tert-OH is 2. The number of Topliss-reactive ketones (excluding diaryl/α,β-unsaturated/α-hetero) is 3. The van der Waals surface area contributed by atoms with E-state index in [2.05, 4.69) is 15.3 Å². The van der Waals surface area contributed by atoms with E-state index in [0.29, 0.717) is 28.4 Å². The number of likely N-dealkylation sites (N-methyl/N-ethyl adjacent to an activating group) is 1. The summed E-state index contributed by atoms with van der Waals surface area (Å²) in [7, 11) is 1.40. The molecule has 0 spiro atoms. The van der Waals surface area contributed by atoms with Crippen LogP contribution in [0.4, 0.5) is 0 Å². The number of carbonyl (C=O) groups excluding carboxylic acids is 5. The highest BCUT2D eigenvalue weighted by molar-refractivity contribution is 6.00. The molecule has 18 nitrogen and oxygen atoms in total. The molecule has 18 heteroatoms. The van der Waals surface area contributed by atoms with E-state index in [9.17, 15) is 39.3 Å². The minimum Gasteiger partial charge on any atom is -0.504 e. The van der Waals surface area contributed by atoms with E-state index in [4.69, 9.17) is 31.4 Å². The van der Waals surface area contributed by atoms with Gasteiger partial charge in [-0.25, -0.2) is 9.97 Å². The number of nitrogens with two attached hydrogens (primary N) is 3. The number of phenolic OH excluding ortho intramolecular Hbond substituents is 1. The third-order valence-corrected chi connectivity index (χ3v) is 11.5. The molecule has 5 rings (SSSR count). The Labute approximate surface area is 390 Å². The molecule has 0 radical (unpaired) electrons. The van der Waals surface area contributed by atoms with Gasteiger partial charge in [0.1, 0.15) is 43.0 Å². The van der Waals surface area contributed by atoms with Gasteiger partial charge in [-0.05, 0) is 107 Å². The number of amides is 2. The van der Waals surface area contributed by atoms with Gasteiger partial charge >= 0.3 is 0 Å². The number of nitrogens with one attached hydrogen (secondary N) is 1. The first-order chi connectivity index (χ1) is 31.8. The van der Waals surface area contributed by atoms with Gasteiger partial charge in [-0.2, -0.15) is 0 Å². The normalized spacial score (nSPS) is 17.7. The van der Waals surface area contributed by atoms with Crippen molar-refractivity contribution in [2.45, 2.75) is 90.7 Å². The van der Waals surface area contributed by atoms with E-state index >= 15 is 0 Å².